The summed E-state index contributed by atoms with van der Waals surface area (Å²) in [6.07, 6.45) is 9.85. The van der Waals surface area contributed by atoms with Crippen LogP contribution >= 0.6 is 0 Å². The molecule has 0 aromatic rings. The zero-order valence-corrected chi connectivity index (χ0v) is 31.3. The molecule has 1 rings (SSSR count). The van der Waals surface area contributed by atoms with Gasteiger partial charge in [-0.25, -0.2) is 4.79 Å². The van der Waals surface area contributed by atoms with Crippen molar-refractivity contribution in [3.63, 3.8) is 0 Å². The summed E-state index contributed by atoms with van der Waals surface area (Å²) in [6.45, 7) is 18.8. The predicted molar refractivity (Wildman–Crippen MR) is 189 cm³/mol. The predicted octanol–water partition coefficient (Wildman–Crippen LogP) is 6.69. The van der Waals surface area contributed by atoms with Crippen LogP contribution in [-0.4, -0.2) is 72.7 Å². The van der Waals surface area contributed by atoms with E-state index in [1.54, 1.807) is 32.1 Å². The number of allylic oxidation sites excluding steroid dienone is 6. The summed E-state index contributed by atoms with van der Waals surface area (Å²) in [7, 11) is 2.86. The monoisotopic (exact) mass is 674 g/mol. The Bertz CT molecular complexity index is 1190. The van der Waals surface area contributed by atoms with E-state index in [2.05, 4.69) is 0 Å². The lowest BCUT2D eigenvalue weighted by atomic mass is 9.84. The van der Waals surface area contributed by atoms with Gasteiger partial charge in [0.1, 0.15) is 18.3 Å². The van der Waals surface area contributed by atoms with Crippen LogP contribution in [0.4, 0.5) is 0 Å². The first-order valence-corrected chi connectivity index (χ1v) is 17.3. The molecule has 0 radical (unpaired) electrons. The summed E-state index contributed by atoms with van der Waals surface area (Å²) in [6, 6.07) is 0. The molecule has 0 aliphatic carbocycles. The summed E-state index contributed by atoms with van der Waals surface area (Å²) in [5, 5.41) is 22.4. The van der Waals surface area contributed by atoms with E-state index in [4.69, 9.17) is 18.9 Å². The van der Waals surface area contributed by atoms with Gasteiger partial charge in [0.05, 0.1) is 19.3 Å². The quantitative estimate of drug-likeness (QED) is 0.162. The van der Waals surface area contributed by atoms with Crippen LogP contribution in [0.25, 0.3) is 0 Å². The summed E-state index contributed by atoms with van der Waals surface area (Å²) < 4.78 is 22.8. The molecule has 0 fully saturated rings. The third kappa shape index (κ3) is 13.5. The molecule has 1 aliphatic heterocycles. The maximum Gasteiger partial charge on any atom is 0.373 e. The van der Waals surface area contributed by atoms with Gasteiger partial charge in [0.15, 0.2) is 5.78 Å². The summed E-state index contributed by atoms with van der Waals surface area (Å²) >= 11 is 0. The van der Waals surface area contributed by atoms with Gasteiger partial charge in [0.25, 0.3) is 0 Å². The topological polar surface area (TPSA) is 129 Å². The maximum atomic E-state index is 13.5. The fourth-order valence-electron chi connectivity index (χ4n) is 6.08. The number of aliphatic hydroxyl groups excluding tert-OH is 2. The van der Waals surface area contributed by atoms with Crippen LogP contribution < -0.4 is 0 Å². The number of aliphatic hydroxyl groups is 2. The molecule has 9 heteroatoms. The molecule has 0 aromatic carbocycles. The molecule has 0 spiro atoms. The molecule has 1 heterocycles. The van der Waals surface area contributed by atoms with Gasteiger partial charge in [-0.2, -0.15) is 0 Å². The van der Waals surface area contributed by atoms with Gasteiger partial charge < -0.3 is 29.2 Å². The van der Waals surface area contributed by atoms with Crippen LogP contribution in [-0.2, 0) is 33.3 Å². The lowest BCUT2D eigenvalue weighted by Gasteiger charge is -2.33. The first-order valence-electron chi connectivity index (χ1n) is 17.3. The third-order valence-electron chi connectivity index (χ3n) is 9.07. The van der Waals surface area contributed by atoms with Crippen molar-refractivity contribution in [1.29, 1.82) is 0 Å². The number of ether oxygens (including phenoxy) is 4. The molecule has 1 aliphatic rings. The van der Waals surface area contributed by atoms with E-state index in [1.165, 1.54) is 20.3 Å². The van der Waals surface area contributed by atoms with Crippen LogP contribution in [0.15, 0.2) is 59.4 Å². The number of carbonyl (C=O) groups is 3. The number of hydrogen-bond acceptors (Lipinski definition) is 9. The zero-order valence-electron chi connectivity index (χ0n) is 31.3. The Morgan fingerprint density at radius 3 is 2.31 bits per heavy atom. The number of esters is 2. The number of methoxy groups -OCH3 is 2. The van der Waals surface area contributed by atoms with Crippen molar-refractivity contribution < 1.29 is 43.5 Å². The van der Waals surface area contributed by atoms with E-state index in [0.717, 1.165) is 11.1 Å². The Kier molecular flexibility index (Phi) is 19.0. The molecule has 0 bridgehead atoms. The second kappa shape index (κ2) is 21.2. The minimum atomic E-state index is -1.20. The summed E-state index contributed by atoms with van der Waals surface area (Å²) in [5.41, 5.74) is 1.77. The van der Waals surface area contributed by atoms with Gasteiger partial charge in [-0.05, 0) is 50.7 Å². The Hall–Kier alpha value is -3.01. The van der Waals surface area contributed by atoms with Crippen molar-refractivity contribution in [2.45, 2.75) is 119 Å². The largest absolute Gasteiger partial charge is 0.490 e. The van der Waals surface area contributed by atoms with Gasteiger partial charge in [-0.3, -0.25) is 9.59 Å². The standard InChI is InChI=1S/C39H62O9/c1-13-15-34(41)47-37(23(2)3)26(6)18-19-31(40)29(9)36(43)30(10)38-32(45-11)17-14-16-24(4)20-27(7)35(42)28(8)21-25(5)22-33(46-12)39(44)48-38/h14,16-19,21-23,26-30,32,35-38,42-43H,13,15,20H2,1-12H3/b17-14+,19-18+,24-16+,25-21+,33-22-/t26-,27+,28+,29+,30-,32-,35-,36-,37+,38+/m0/s1. The molecule has 0 saturated heterocycles. The van der Waals surface area contributed by atoms with E-state index in [-0.39, 0.29) is 41.2 Å². The Morgan fingerprint density at radius 1 is 1.10 bits per heavy atom. The summed E-state index contributed by atoms with van der Waals surface area (Å²) in [4.78, 5) is 39.0. The number of cyclic esters (lactones) is 1. The van der Waals surface area contributed by atoms with Gasteiger partial charge >= 0.3 is 11.9 Å². The number of ketones is 1. The van der Waals surface area contributed by atoms with Crippen molar-refractivity contribution in [2.75, 3.05) is 14.2 Å². The second-order valence-corrected chi connectivity index (χ2v) is 13.8. The first kappa shape index (κ1) is 43.0. The smallest absolute Gasteiger partial charge is 0.373 e. The highest BCUT2D eigenvalue weighted by Gasteiger charge is 2.38. The molecule has 0 saturated carbocycles. The fraction of sp³-hybridized carbons (Fsp3) is 0.667. The lowest BCUT2D eigenvalue weighted by Crippen LogP contribution is -2.45. The molecule has 0 unspecified atom stereocenters. The van der Waals surface area contributed by atoms with Crippen molar-refractivity contribution >= 4 is 17.7 Å². The molecule has 10 atom stereocenters. The first-order chi connectivity index (χ1) is 22.5. The van der Waals surface area contributed by atoms with Crippen molar-refractivity contribution in [1.82, 2.24) is 0 Å². The van der Waals surface area contributed by atoms with E-state index >= 15 is 0 Å². The van der Waals surface area contributed by atoms with Crippen LogP contribution in [0.5, 0.6) is 0 Å². The fourth-order valence-corrected chi connectivity index (χ4v) is 6.08. The molecule has 0 aromatic heterocycles. The highest BCUT2D eigenvalue weighted by atomic mass is 16.6. The SMILES string of the molecule is CCCC(=O)O[C@H](C(C)C)[C@@H](C)/C=C/C(=O)[C@@H](C)[C@H](O)[C@H](C)[C@H]1OC(=O)/C(OC)=C/C(C)=C/[C@@H](C)[C@@H](O)[C@H](C)C/C(C)=C/C=C/[C@@H]1OC. The van der Waals surface area contributed by atoms with Gasteiger partial charge in [0, 0.05) is 37.2 Å². The molecule has 48 heavy (non-hydrogen) atoms. The van der Waals surface area contributed by atoms with E-state index in [9.17, 15) is 24.6 Å². The molecule has 272 valence electrons. The summed E-state index contributed by atoms with van der Waals surface area (Å²) in [5.74, 6) is -3.33. The van der Waals surface area contributed by atoms with E-state index in [1.807, 2.05) is 73.6 Å². The maximum absolute atomic E-state index is 13.5. The number of carbonyl (C=O) groups excluding carboxylic acids is 3. The van der Waals surface area contributed by atoms with E-state index in [0.29, 0.717) is 19.3 Å². The minimum Gasteiger partial charge on any atom is -0.490 e. The molecule has 0 amide bonds. The highest BCUT2D eigenvalue weighted by Crippen LogP contribution is 2.27. The second-order valence-electron chi connectivity index (χ2n) is 13.8. The zero-order chi connectivity index (χ0) is 36.7. The van der Waals surface area contributed by atoms with Crippen LogP contribution in [0.2, 0.25) is 0 Å². The molecule has 9 nitrogen and oxygen atoms in total. The Morgan fingerprint density at radius 2 is 1.75 bits per heavy atom. The van der Waals surface area contributed by atoms with Crippen molar-refractivity contribution in [3.8, 4) is 0 Å². The number of rotatable bonds is 13. The van der Waals surface area contributed by atoms with Gasteiger partial charge in [-0.1, -0.05) is 96.9 Å². The average Bonchev–Trinajstić information content (AvgIpc) is 3.03. The number of hydrogen-bond donors (Lipinski definition) is 2. The highest BCUT2D eigenvalue weighted by molar-refractivity contribution is 5.92. The van der Waals surface area contributed by atoms with E-state index < -0.39 is 48.3 Å². The molecule has 2 N–H and O–H groups in total. The van der Waals surface area contributed by atoms with Crippen molar-refractivity contribution in [2.24, 2.45) is 35.5 Å². The lowest BCUT2D eigenvalue weighted by molar-refractivity contribution is -0.162. The normalized spacial score (nSPS) is 30.4. The van der Waals surface area contributed by atoms with Crippen molar-refractivity contribution in [3.05, 3.63) is 59.4 Å². The minimum absolute atomic E-state index is 0.0121. The van der Waals surface area contributed by atoms with Crippen LogP contribution in [0, 0.1) is 35.5 Å². The Labute approximate surface area is 289 Å². The van der Waals surface area contributed by atoms with Gasteiger partial charge in [-0.15, -0.1) is 0 Å². The van der Waals surface area contributed by atoms with Crippen LogP contribution in [0.1, 0.15) is 88.5 Å². The molecular weight excluding hydrogens is 612 g/mol. The molecular formula is C39H62O9. The van der Waals surface area contributed by atoms with Crippen LogP contribution in [0.3, 0.4) is 0 Å². The Balaban J connectivity index is 3.41. The third-order valence-corrected chi connectivity index (χ3v) is 9.07. The average molecular weight is 675 g/mol. The van der Waals surface area contributed by atoms with Gasteiger partial charge in [0.2, 0.25) is 5.76 Å².